The normalized spacial score (nSPS) is 17.7. The van der Waals surface area contributed by atoms with Crippen LogP contribution < -0.4 is 10.6 Å². The summed E-state index contributed by atoms with van der Waals surface area (Å²) in [6, 6.07) is 10.4. The Balaban J connectivity index is 1.06. The molecule has 4 amide bonds. The van der Waals surface area contributed by atoms with Crippen LogP contribution in [0.25, 0.3) is 0 Å². The Hall–Kier alpha value is -4.44. The van der Waals surface area contributed by atoms with Gasteiger partial charge in [0.25, 0.3) is 11.8 Å². The van der Waals surface area contributed by atoms with Crippen molar-refractivity contribution in [1.29, 1.82) is 0 Å². The first kappa shape index (κ1) is 32.0. The number of hydrogen-bond acceptors (Lipinski definition) is 6. The molecule has 3 aliphatic rings. The maximum atomic E-state index is 13.0. The van der Waals surface area contributed by atoms with Crippen molar-refractivity contribution in [2.24, 2.45) is 0 Å². The predicted molar refractivity (Wildman–Crippen MR) is 170 cm³/mol. The van der Waals surface area contributed by atoms with Gasteiger partial charge in [0.05, 0.1) is 12.6 Å². The number of aliphatic hydroxyl groups excluding tert-OH is 1. The van der Waals surface area contributed by atoms with Crippen LogP contribution in [0.15, 0.2) is 36.4 Å². The Kier molecular flexibility index (Phi) is 10.7. The van der Waals surface area contributed by atoms with E-state index in [2.05, 4.69) is 34.3 Å². The van der Waals surface area contributed by atoms with Crippen LogP contribution in [0.2, 0.25) is 0 Å². The highest BCUT2D eigenvalue weighted by atomic mass is 16.3. The molecule has 3 heterocycles. The molecule has 2 aromatic rings. The molecule has 1 saturated heterocycles. The molecule has 0 aliphatic carbocycles. The van der Waals surface area contributed by atoms with E-state index in [1.54, 1.807) is 15.9 Å². The van der Waals surface area contributed by atoms with Crippen molar-refractivity contribution in [2.75, 3.05) is 20.2 Å². The summed E-state index contributed by atoms with van der Waals surface area (Å²) in [6.07, 6.45) is 6.86. The topological polar surface area (TPSA) is 119 Å². The van der Waals surface area contributed by atoms with Crippen molar-refractivity contribution in [3.63, 3.8) is 0 Å². The van der Waals surface area contributed by atoms with Crippen LogP contribution in [0.4, 0.5) is 0 Å². The molecular weight excluding hydrogens is 568 g/mol. The number of nitrogens with zero attached hydrogens (tertiary/aromatic N) is 2. The number of imide groups is 1. The van der Waals surface area contributed by atoms with E-state index in [-0.39, 0.29) is 36.8 Å². The molecule has 0 bridgehead atoms. The number of aliphatic hydroxyl groups is 1. The van der Waals surface area contributed by atoms with Crippen LogP contribution in [-0.2, 0) is 22.7 Å². The fraction of sp³-hybridized carbons (Fsp3) is 0.444. The molecule has 3 N–H and O–H groups in total. The molecule has 234 valence electrons. The number of piperidine rings is 1. The number of unbranched alkanes of at least 4 members (excludes halogenated alkanes) is 5. The molecule has 9 nitrogen and oxygen atoms in total. The van der Waals surface area contributed by atoms with Gasteiger partial charge in [0.1, 0.15) is 6.04 Å². The largest absolute Gasteiger partial charge is 0.394 e. The van der Waals surface area contributed by atoms with Crippen molar-refractivity contribution in [2.45, 2.75) is 83.0 Å². The molecule has 5 rings (SSSR count). The summed E-state index contributed by atoms with van der Waals surface area (Å²) in [5.41, 5.74) is 4.77. The third kappa shape index (κ3) is 7.28. The number of benzene rings is 2. The quantitative estimate of drug-likeness (QED) is 0.205. The van der Waals surface area contributed by atoms with Crippen LogP contribution in [0.1, 0.15) is 101 Å². The zero-order valence-corrected chi connectivity index (χ0v) is 25.8. The van der Waals surface area contributed by atoms with Gasteiger partial charge in [0.15, 0.2) is 0 Å². The number of hydrogen-bond donors (Lipinski definition) is 3. The van der Waals surface area contributed by atoms with Crippen molar-refractivity contribution < 1.29 is 24.3 Å². The summed E-state index contributed by atoms with van der Waals surface area (Å²) >= 11 is 0. The monoisotopic (exact) mass is 608 g/mol. The van der Waals surface area contributed by atoms with Crippen molar-refractivity contribution >= 4 is 23.6 Å². The molecule has 0 saturated carbocycles. The van der Waals surface area contributed by atoms with E-state index in [0.717, 1.165) is 67.3 Å². The maximum Gasteiger partial charge on any atom is 0.255 e. The van der Waals surface area contributed by atoms with E-state index < -0.39 is 11.9 Å². The molecule has 0 spiro atoms. The van der Waals surface area contributed by atoms with Gasteiger partial charge in [-0.25, -0.2) is 0 Å². The van der Waals surface area contributed by atoms with Gasteiger partial charge in [0, 0.05) is 54.6 Å². The first-order valence-electron chi connectivity index (χ1n) is 15.9. The zero-order chi connectivity index (χ0) is 31.8. The van der Waals surface area contributed by atoms with E-state index in [0.29, 0.717) is 37.1 Å². The fourth-order valence-electron chi connectivity index (χ4n) is 6.22. The number of amides is 4. The molecular formula is C36H40N4O5. The van der Waals surface area contributed by atoms with Gasteiger partial charge in [-0.2, -0.15) is 0 Å². The molecule has 9 heteroatoms. The Morgan fingerprint density at radius 2 is 1.51 bits per heavy atom. The summed E-state index contributed by atoms with van der Waals surface area (Å²) in [5.74, 6) is 12.1. The molecule has 2 atom stereocenters. The minimum atomic E-state index is -0.630. The smallest absolute Gasteiger partial charge is 0.255 e. The van der Waals surface area contributed by atoms with Gasteiger partial charge in [-0.3, -0.25) is 24.5 Å². The van der Waals surface area contributed by atoms with Gasteiger partial charge in [-0.1, -0.05) is 48.7 Å². The van der Waals surface area contributed by atoms with Crippen LogP contribution in [0, 0.1) is 23.7 Å². The van der Waals surface area contributed by atoms with E-state index in [9.17, 15) is 24.3 Å². The average Bonchev–Trinajstić information content (AvgIpc) is 3.56. The molecule has 2 unspecified atom stereocenters. The van der Waals surface area contributed by atoms with E-state index in [1.165, 1.54) is 0 Å². The first-order valence-corrected chi connectivity index (χ1v) is 15.9. The molecule has 0 aromatic heterocycles. The minimum Gasteiger partial charge on any atom is -0.394 e. The van der Waals surface area contributed by atoms with Gasteiger partial charge in [-0.05, 0) is 74.7 Å². The van der Waals surface area contributed by atoms with E-state index in [4.69, 9.17) is 0 Å². The summed E-state index contributed by atoms with van der Waals surface area (Å²) in [4.78, 5) is 53.1. The Labute approximate surface area is 264 Å². The molecule has 1 fully saturated rings. The summed E-state index contributed by atoms with van der Waals surface area (Å²) in [7, 11) is 1.86. The third-order valence-corrected chi connectivity index (χ3v) is 8.76. The molecule has 45 heavy (non-hydrogen) atoms. The molecule has 3 aliphatic heterocycles. The Bertz CT molecular complexity index is 1590. The van der Waals surface area contributed by atoms with Crippen LogP contribution >= 0.6 is 0 Å². The van der Waals surface area contributed by atoms with E-state index in [1.807, 2.05) is 37.4 Å². The lowest BCUT2D eigenvalue weighted by atomic mass is 10.0. The lowest BCUT2D eigenvalue weighted by molar-refractivity contribution is -0.136. The highest BCUT2D eigenvalue weighted by molar-refractivity contribution is 6.05. The average molecular weight is 609 g/mol. The van der Waals surface area contributed by atoms with Crippen LogP contribution in [0.5, 0.6) is 0 Å². The van der Waals surface area contributed by atoms with Gasteiger partial charge >= 0.3 is 0 Å². The highest BCUT2D eigenvalue weighted by Crippen LogP contribution is 2.30. The van der Waals surface area contributed by atoms with Crippen molar-refractivity contribution in [1.82, 2.24) is 20.4 Å². The number of carbonyl (C=O) groups is 4. The summed E-state index contributed by atoms with van der Waals surface area (Å²) in [6.45, 7) is 1.48. The predicted octanol–water partition coefficient (Wildman–Crippen LogP) is 3.12. The second-order valence-electron chi connectivity index (χ2n) is 11.7. The number of rotatable bonds is 11. The third-order valence-electron chi connectivity index (χ3n) is 8.76. The second-order valence-corrected chi connectivity index (χ2v) is 11.7. The second kappa shape index (κ2) is 15.0. The molecule has 2 aromatic carbocycles. The van der Waals surface area contributed by atoms with Crippen molar-refractivity contribution in [3.8, 4) is 23.7 Å². The summed E-state index contributed by atoms with van der Waals surface area (Å²) < 4.78 is 0. The van der Waals surface area contributed by atoms with Crippen molar-refractivity contribution in [3.05, 3.63) is 69.8 Å². The van der Waals surface area contributed by atoms with Gasteiger partial charge < -0.3 is 20.2 Å². The van der Waals surface area contributed by atoms with E-state index >= 15 is 0 Å². The number of nitrogens with one attached hydrogen (secondary N) is 2. The fourth-order valence-corrected chi connectivity index (χ4v) is 6.22. The van der Waals surface area contributed by atoms with Gasteiger partial charge in [-0.15, -0.1) is 0 Å². The maximum absolute atomic E-state index is 13.0. The highest BCUT2D eigenvalue weighted by Gasteiger charge is 2.39. The lowest BCUT2D eigenvalue weighted by Gasteiger charge is -2.29. The molecule has 0 radical (unpaired) electrons. The Morgan fingerprint density at radius 3 is 2.11 bits per heavy atom. The first-order chi connectivity index (χ1) is 21.9. The minimum absolute atomic E-state index is 0.0359. The van der Waals surface area contributed by atoms with Crippen LogP contribution in [0.3, 0.4) is 0 Å². The number of carbonyl (C=O) groups excluding carboxylic acids is 4. The lowest BCUT2D eigenvalue weighted by Crippen LogP contribution is -2.52. The summed E-state index contributed by atoms with van der Waals surface area (Å²) in [5, 5.41) is 15.3. The standard InChI is InChI=1S/C36H40N4O5/c1-37-21-20-27(24-41)39-22-30-25(14-10-16-28(30)35(39)44)12-8-6-4-2-3-5-7-9-13-26-15-11-17-29-31(26)23-40(36(29)45)32-18-19-33(42)38-34(32)43/h10-11,14-17,27,32,37,41H,2-7,18-24H2,1H3,(H,38,42,43). The SMILES string of the molecule is CNCCC(CO)N1Cc2c(C#CCCCCCCC#Cc3cccc4c3CN(C3CCC(=O)NC3=O)C4=O)cccc2C1=O. The Morgan fingerprint density at radius 1 is 0.889 bits per heavy atom. The zero-order valence-electron chi connectivity index (χ0n) is 25.8. The van der Waals surface area contributed by atoms with Crippen LogP contribution in [-0.4, -0.2) is 70.8 Å². The number of fused-ring (bicyclic) bond motifs is 2. The van der Waals surface area contributed by atoms with Gasteiger partial charge in [0.2, 0.25) is 11.8 Å².